The van der Waals surface area contributed by atoms with Gasteiger partial charge in [0.2, 0.25) is 11.8 Å². The second-order valence-electron chi connectivity index (χ2n) is 5.73. The summed E-state index contributed by atoms with van der Waals surface area (Å²) in [4.78, 5) is 37.9. The zero-order valence-corrected chi connectivity index (χ0v) is 16.1. The summed E-state index contributed by atoms with van der Waals surface area (Å²) < 4.78 is 15.1. The molecule has 0 bridgehead atoms. The van der Waals surface area contributed by atoms with Gasteiger partial charge in [-0.2, -0.15) is 0 Å². The van der Waals surface area contributed by atoms with Crippen LogP contribution in [0.3, 0.4) is 0 Å². The molecule has 0 atom stereocenters. The number of nitrogens with zero attached hydrogens (tertiary/aromatic N) is 1. The average Bonchev–Trinajstić information content (AvgIpc) is 2.71. The molecule has 0 aromatic heterocycles. The van der Waals surface area contributed by atoms with Gasteiger partial charge in [0.25, 0.3) is 0 Å². The first-order valence-corrected chi connectivity index (χ1v) is 8.38. The Morgan fingerprint density at radius 3 is 2.32 bits per heavy atom. The van der Waals surface area contributed by atoms with Crippen molar-refractivity contribution >= 4 is 29.2 Å². The quantitative estimate of drug-likeness (QED) is 0.735. The van der Waals surface area contributed by atoms with Crippen LogP contribution in [-0.4, -0.2) is 45.7 Å². The largest absolute Gasteiger partial charge is 0.497 e. The highest BCUT2D eigenvalue weighted by Gasteiger charge is 2.22. The molecule has 8 heteroatoms. The van der Waals surface area contributed by atoms with E-state index < -0.39 is 17.8 Å². The normalized spacial score (nSPS) is 10.0. The number of para-hydroxylation sites is 1. The SMILES string of the molecule is COC(=O)c1ccccc1N(CC(=O)Nc1ccc(OC)cc1OC)C(C)=O. The molecule has 2 aromatic carbocycles. The fourth-order valence-electron chi connectivity index (χ4n) is 2.59. The van der Waals surface area contributed by atoms with Gasteiger partial charge in [0, 0.05) is 13.0 Å². The fourth-order valence-corrected chi connectivity index (χ4v) is 2.59. The van der Waals surface area contributed by atoms with Crippen molar-refractivity contribution < 1.29 is 28.6 Å². The van der Waals surface area contributed by atoms with Crippen LogP contribution < -0.4 is 19.7 Å². The van der Waals surface area contributed by atoms with Crippen LogP contribution in [0, 0.1) is 0 Å². The summed E-state index contributed by atoms with van der Waals surface area (Å²) in [7, 11) is 4.25. The Hall–Kier alpha value is -3.55. The maximum Gasteiger partial charge on any atom is 0.339 e. The molecule has 0 heterocycles. The van der Waals surface area contributed by atoms with Crippen LogP contribution in [0.2, 0.25) is 0 Å². The molecular weight excluding hydrogens is 364 g/mol. The molecule has 0 saturated carbocycles. The minimum Gasteiger partial charge on any atom is -0.497 e. The van der Waals surface area contributed by atoms with Crippen molar-refractivity contribution in [3.05, 3.63) is 48.0 Å². The number of carbonyl (C=O) groups excluding carboxylic acids is 3. The van der Waals surface area contributed by atoms with Crippen LogP contribution >= 0.6 is 0 Å². The van der Waals surface area contributed by atoms with Crippen LogP contribution in [0.5, 0.6) is 11.5 Å². The van der Waals surface area contributed by atoms with Crippen LogP contribution in [-0.2, 0) is 14.3 Å². The van der Waals surface area contributed by atoms with Crippen molar-refractivity contribution in [2.45, 2.75) is 6.92 Å². The smallest absolute Gasteiger partial charge is 0.339 e. The number of ether oxygens (including phenoxy) is 3. The third-order valence-corrected chi connectivity index (χ3v) is 3.96. The van der Waals surface area contributed by atoms with Crippen molar-refractivity contribution in [3.63, 3.8) is 0 Å². The molecule has 0 aliphatic rings. The summed E-state index contributed by atoms with van der Waals surface area (Å²) in [6.45, 7) is 1.02. The maximum atomic E-state index is 12.6. The molecule has 0 spiro atoms. The molecule has 8 nitrogen and oxygen atoms in total. The molecule has 0 aliphatic carbocycles. The molecule has 2 aromatic rings. The Labute approximate surface area is 163 Å². The lowest BCUT2D eigenvalue weighted by molar-refractivity contribution is -0.120. The first-order chi connectivity index (χ1) is 13.4. The monoisotopic (exact) mass is 386 g/mol. The molecule has 0 radical (unpaired) electrons. The third-order valence-electron chi connectivity index (χ3n) is 3.96. The summed E-state index contributed by atoms with van der Waals surface area (Å²) in [5.74, 6) is -0.463. The Morgan fingerprint density at radius 2 is 1.71 bits per heavy atom. The molecule has 2 rings (SSSR count). The Morgan fingerprint density at radius 1 is 1.00 bits per heavy atom. The molecule has 0 saturated heterocycles. The number of benzene rings is 2. The van der Waals surface area contributed by atoms with Gasteiger partial charge < -0.3 is 24.4 Å². The fraction of sp³-hybridized carbons (Fsp3) is 0.250. The lowest BCUT2D eigenvalue weighted by Crippen LogP contribution is -2.37. The molecule has 28 heavy (non-hydrogen) atoms. The first kappa shape index (κ1) is 20.8. The molecule has 0 unspecified atom stereocenters. The summed E-state index contributed by atoms with van der Waals surface area (Å²) in [6.07, 6.45) is 0. The average molecular weight is 386 g/mol. The van der Waals surface area contributed by atoms with Gasteiger partial charge in [0.1, 0.15) is 18.0 Å². The van der Waals surface area contributed by atoms with E-state index in [1.54, 1.807) is 36.4 Å². The minimum atomic E-state index is -0.598. The Bertz CT molecular complexity index is 881. The molecule has 2 amide bonds. The van der Waals surface area contributed by atoms with Crippen molar-refractivity contribution in [1.29, 1.82) is 0 Å². The number of anilines is 2. The number of hydrogen-bond donors (Lipinski definition) is 1. The van der Waals surface area contributed by atoms with Crippen molar-refractivity contribution in [2.75, 3.05) is 38.1 Å². The van der Waals surface area contributed by atoms with Crippen LogP contribution in [0.4, 0.5) is 11.4 Å². The van der Waals surface area contributed by atoms with Gasteiger partial charge in [-0.3, -0.25) is 9.59 Å². The van der Waals surface area contributed by atoms with E-state index in [2.05, 4.69) is 5.32 Å². The van der Waals surface area contributed by atoms with Gasteiger partial charge in [0.05, 0.1) is 38.3 Å². The van der Waals surface area contributed by atoms with E-state index >= 15 is 0 Å². The number of nitrogens with one attached hydrogen (secondary N) is 1. The standard InChI is InChI=1S/C20H22N2O6/c1-13(23)22(17-8-6-5-7-15(17)20(25)28-4)12-19(24)21-16-10-9-14(26-2)11-18(16)27-3/h5-11H,12H2,1-4H3,(H,21,24). The Balaban J connectivity index is 2.26. The molecule has 1 N–H and O–H groups in total. The molecular formula is C20H22N2O6. The number of rotatable bonds is 7. The van der Waals surface area contributed by atoms with E-state index in [4.69, 9.17) is 14.2 Å². The minimum absolute atomic E-state index is 0.190. The predicted molar refractivity (Wildman–Crippen MR) is 104 cm³/mol. The highest BCUT2D eigenvalue weighted by molar-refractivity contribution is 6.06. The van der Waals surface area contributed by atoms with Gasteiger partial charge in [-0.05, 0) is 24.3 Å². The topological polar surface area (TPSA) is 94.2 Å². The number of esters is 1. The number of hydrogen-bond acceptors (Lipinski definition) is 6. The predicted octanol–water partition coefficient (Wildman–Crippen LogP) is 2.48. The summed E-state index contributed by atoms with van der Waals surface area (Å²) in [5.41, 5.74) is 0.909. The lowest BCUT2D eigenvalue weighted by atomic mass is 10.1. The van der Waals surface area contributed by atoms with E-state index in [0.717, 1.165) is 0 Å². The molecule has 148 valence electrons. The number of carbonyl (C=O) groups is 3. The van der Waals surface area contributed by atoms with E-state index in [9.17, 15) is 14.4 Å². The second-order valence-corrected chi connectivity index (χ2v) is 5.73. The lowest BCUT2D eigenvalue weighted by Gasteiger charge is -2.23. The van der Waals surface area contributed by atoms with Crippen molar-refractivity contribution in [3.8, 4) is 11.5 Å². The van der Waals surface area contributed by atoms with Crippen molar-refractivity contribution in [2.24, 2.45) is 0 Å². The number of amides is 2. The van der Waals surface area contributed by atoms with Crippen LogP contribution in [0.15, 0.2) is 42.5 Å². The van der Waals surface area contributed by atoms with Gasteiger partial charge in [0.15, 0.2) is 0 Å². The highest BCUT2D eigenvalue weighted by Crippen LogP contribution is 2.29. The van der Waals surface area contributed by atoms with Gasteiger partial charge >= 0.3 is 5.97 Å². The summed E-state index contributed by atoms with van der Waals surface area (Å²) in [5, 5.41) is 2.70. The summed E-state index contributed by atoms with van der Waals surface area (Å²) >= 11 is 0. The maximum absolute atomic E-state index is 12.6. The zero-order chi connectivity index (χ0) is 20.7. The van der Waals surface area contributed by atoms with Gasteiger partial charge in [-0.25, -0.2) is 4.79 Å². The van der Waals surface area contributed by atoms with E-state index in [-0.39, 0.29) is 12.1 Å². The Kier molecular flexibility index (Phi) is 6.97. The van der Waals surface area contributed by atoms with Crippen LogP contribution in [0.1, 0.15) is 17.3 Å². The van der Waals surface area contributed by atoms with E-state index in [1.807, 2.05) is 0 Å². The molecule has 0 fully saturated rings. The highest BCUT2D eigenvalue weighted by atomic mass is 16.5. The third kappa shape index (κ3) is 4.79. The van der Waals surface area contributed by atoms with E-state index in [1.165, 1.54) is 39.2 Å². The van der Waals surface area contributed by atoms with E-state index in [0.29, 0.717) is 22.9 Å². The van der Waals surface area contributed by atoms with Gasteiger partial charge in [-0.15, -0.1) is 0 Å². The van der Waals surface area contributed by atoms with Crippen molar-refractivity contribution in [1.82, 2.24) is 0 Å². The molecule has 0 aliphatic heterocycles. The number of methoxy groups -OCH3 is 3. The first-order valence-electron chi connectivity index (χ1n) is 8.38. The zero-order valence-electron chi connectivity index (χ0n) is 16.1. The van der Waals surface area contributed by atoms with Crippen LogP contribution in [0.25, 0.3) is 0 Å². The van der Waals surface area contributed by atoms with Gasteiger partial charge in [-0.1, -0.05) is 12.1 Å². The second kappa shape index (κ2) is 9.40. The summed E-state index contributed by atoms with van der Waals surface area (Å²) in [6, 6.07) is 11.4.